The van der Waals surface area contributed by atoms with Gasteiger partial charge in [-0.2, -0.15) is 0 Å². The van der Waals surface area contributed by atoms with Crippen LogP contribution in [0.25, 0.3) is 0 Å². The van der Waals surface area contributed by atoms with Crippen LogP contribution in [0.5, 0.6) is 0 Å². The van der Waals surface area contributed by atoms with Gasteiger partial charge in [0.2, 0.25) is 0 Å². The Labute approximate surface area is 136 Å². The highest BCUT2D eigenvalue weighted by atomic mass is 16.4. The maximum Gasteiger partial charge on any atom is 0.306 e. The molecule has 0 saturated heterocycles. The second kappa shape index (κ2) is 6.93. The third kappa shape index (κ3) is 2.95. The van der Waals surface area contributed by atoms with Gasteiger partial charge in [-0.1, -0.05) is 32.6 Å². The quantitative estimate of drug-likeness (QED) is 0.728. The molecule has 3 aliphatic carbocycles. The molecule has 3 atom stereocenters. The Bertz CT molecular complexity index is 377. The van der Waals surface area contributed by atoms with Gasteiger partial charge >= 0.3 is 5.97 Å². The molecule has 3 aliphatic rings. The molecule has 1 unspecified atom stereocenters. The van der Waals surface area contributed by atoms with Crippen LogP contribution in [0.2, 0.25) is 0 Å². The Morgan fingerprint density at radius 1 is 1.00 bits per heavy atom. The van der Waals surface area contributed by atoms with E-state index in [4.69, 9.17) is 0 Å². The van der Waals surface area contributed by atoms with Gasteiger partial charge in [-0.05, 0) is 81.0 Å². The molecule has 0 spiro atoms. The first-order valence-corrected chi connectivity index (χ1v) is 9.90. The summed E-state index contributed by atoms with van der Waals surface area (Å²) in [6.45, 7) is 2.37. The van der Waals surface area contributed by atoms with Gasteiger partial charge in [0.15, 0.2) is 0 Å². The van der Waals surface area contributed by atoms with Crippen LogP contribution in [0, 0.1) is 29.1 Å². The number of carboxylic acids is 1. The number of rotatable bonds is 4. The predicted molar refractivity (Wildman–Crippen MR) is 89.7 cm³/mol. The molecule has 3 fully saturated rings. The molecule has 0 aromatic carbocycles. The van der Waals surface area contributed by atoms with Crippen molar-refractivity contribution in [2.24, 2.45) is 29.1 Å². The van der Waals surface area contributed by atoms with Crippen LogP contribution in [0.1, 0.15) is 90.4 Å². The standard InChI is InChI=1S/C20H34O2/c1-2-13-20-14-4-3-6-17(20)7-5-8-18(20)15-9-11-16(12-10-15)19(21)22/h15-18H,2-14H2,1H3,(H,21,22)/t15?,16?,17-,18?,20+/m1/s1. The van der Waals surface area contributed by atoms with Gasteiger partial charge in [-0.25, -0.2) is 0 Å². The lowest BCUT2D eigenvalue weighted by Gasteiger charge is -2.56. The van der Waals surface area contributed by atoms with E-state index in [1.54, 1.807) is 0 Å². The van der Waals surface area contributed by atoms with Crippen LogP contribution < -0.4 is 0 Å². The second-order valence-corrected chi connectivity index (χ2v) is 8.41. The zero-order valence-electron chi connectivity index (χ0n) is 14.4. The highest BCUT2D eigenvalue weighted by molar-refractivity contribution is 5.69. The summed E-state index contributed by atoms with van der Waals surface area (Å²) in [5.74, 6) is 2.10. The van der Waals surface area contributed by atoms with Crippen LogP contribution in [-0.4, -0.2) is 11.1 Å². The Hall–Kier alpha value is -0.530. The molecule has 0 amide bonds. The molecular formula is C20H34O2. The number of carbonyl (C=O) groups is 1. The molecule has 3 rings (SSSR count). The van der Waals surface area contributed by atoms with Gasteiger partial charge in [0.25, 0.3) is 0 Å². The molecule has 1 N–H and O–H groups in total. The van der Waals surface area contributed by atoms with Gasteiger partial charge in [-0.15, -0.1) is 0 Å². The van der Waals surface area contributed by atoms with Crippen molar-refractivity contribution in [3.05, 3.63) is 0 Å². The monoisotopic (exact) mass is 306 g/mol. The summed E-state index contributed by atoms with van der Waals surface area (Å²) >= 11 is 0. The molecule has 22 heavy (non-hydrogen) atoms. The van der Waals surface area contributed by atoms with E-state index in [9.17, 15) is 9.90 Å². The maximum absolute atomic E-state index is 11.2. The predicted octanol–water partition coefficient (Wildman–Crippen LogP) is 5.65. The van der Waals surface area contributed by atoms with Crippen LogP contribution in [0.15, 0.2) is 0 Å². The van der Waals surface area contributed by atoms with Crippen molar-refractivity contribution in [1.29, 1.82) is 0 Å². The number of fused-ring (bicyclic) bond motifs is 1. The van der Waals surface area contributed by atoms with E-state index in [2.05, 4.69) is 6.92 Å². The molecular weight excluding hydrogens is 272 g/mol. The Kier molecular flexibility index (Phi) is 5.14. The summed E-state index contributed by atoms with van der Waals surface area (Å²) in [5, 5.41) is 9.26. The van der Waals surface area contributed by atoms with Crippen molar-refractivity contribution in [2.75, 3.05) is 0 Å². The van der Waals surface area contributed by atoms with Crippen molar-refractivity contribution in [2.45, 2.75) is 90.4 Å². The van der Waals surface area contributed by atoms with Gasteiger partial charge in [-0.3, -0.25) is 4.79 Å². The topological polar surface area (TPSA) is 37.3 Å². The average Bonchev–Trinajstić information content (AvgIpc) is 2.54. The molecule has 2 heteroatoms. The summed E-state index contributed by atoms with van der Waals surface area (Å²) in [4.78, 5) is 11.2. The van der Waals surface area contributed by atoms with Crippen LogP contribution in [0.4, 0.5) is 0 Å². The minimum absolute atomic E-state index is 0.0517. The largest absolute Gasteiger partial charge is 0.481 e. The fraction of sp³-hybridized carbons (Fsp3) is 0.950. The van der Waals surface area contributed by atoms with Crippen LogP contribution in [0.3, 0.4) is 0 Å². The lowest BCUT2D eigenvalue weighted by atomic mass is 9.49. The highest BCUT2D eigenvalue weighted by Gasteiger charge is 2.50. The van der Waals surface area contributed by atoms with Crippen molar-refractivity contribution < 1.29 is 9.90 Å². The molecule has 3 saturated carbocycles. The van der Waals surface area contributed by atoms with E-state index in [1.165, 1.54) is 70.6 Å². The van der Waals surface area contributed by atoms with E-state index in [0.717, 1.165) is 30.6 Å². The average molecular weight is 306 g/mol. The fourth-order valence-electron chi connectivity index (χ4n) is 6.58. The molecule has 0 radical (unpaired) electrons. The lowest BCUT2D eigenvalue weighted by molar-refractivity contribution is -0.143. The SMILES string of the molecule is CCC[C@]12CCCC[C@@H]1CCCC2C1CCC(C(=O)O)CC1. The molecule has 126 valence electrons. The van der Waals surface area contributed by atoms with Crippen molar-refractivity contribution in [1.82, 2.24) is 0 Å². The number of hydrogen-bond donors (Lipinski definition) is 1. The molecule has 0 heterocycles. The van der Waals surface area contributed by atoms with Gasteiger partial charge in [0.05, 0.1) is 5.92 Å². The minimum atomic E-state index is -0.555. The Morgan fingerprint density at radius 3 is 2.41 bits per heavy atom. The number of aliphatic carboxylic acids is 1. The van der Waals surface area contributed by atoms with E-state index in [0.29, 0.717) is 5.41 Å². The van der Waals surface area contributed by atoms with E-state index in [1.807, 2.05) is 0 Å². The summed E-state index contributed by atoms with van der Waals surface area (Å²) in [6.07, 6.45) is 17.2. The van der Waals surface area contributed by atoms with Gasteiger partial charge < -0.3 is 5.11 Å². The third-order valence-electron chi connectivity index (χ3n) is 7.47. The summed E-state index contributed by atoms with van der Waals surface area (Å²) in [6, 6.07) is 0. The van der Waals surface area contributed by atoms with E-state index >= 15 is 0 Å². The second-order valence-electron chi connectivity index (χ2n) is 8.41. The van der Waals surface area contributed by atoms with Crippen molar-refractivity contribution >= 4 is 5.97 Å². The normalized spacial score (nSPS) is 42.6. The molecule has 0 aromatic rings. The summed E-state index contributed by atoms with van der Waals surface area (Å²) < 4.78 is 0. The summed E-state index contributed by atoms with van der Waals surface area (Å²) in [7, 11) is 0. The van der Waals surface area contributed by atoms with Crippen molar-refractivity contribution in [3.8, 4) is 0 Å². The Morgan fingerprint density at radius 2 is 1.73 bits per heavy atom. The first-order chi connectivity index (χ1) is 10.7. The Balaban J connectivity index is 1.74. The minimum Gasteiger partial charge on any atom is -0.481 e. The maximum atomic E-state index is 11.2. The number of hydrogen-bond acceptors (Lipinski definition) is 1. The van der Waals surface area contributed by atoms with Crippen molar-refractivity contribution in [3.63, 3.8) is 0 Å². The van der Waals surface area contributed by atoms with E-state index in [-0.39, 0.29) is 5.92 Å². The van der Waals surface area contributed by atoms with Gasteiger partial charge in [0.1, 0.15) is 0 Å². The zero-order chi connectivity index (χ0) is 15.6. The molecule has 2 nitrogen and oxygen atoms in total. The lowest BCUT2D eigenvalue weighted by Crippen LogP contribution is -2.47. The fourth-order valence-corrected chi connectivity index (χ4v) is 6.58. The number of carboxylic acid groups (broad SMARTS) is 1. The smallest absolute Gasteiger partial charge is 0.306 e. The third-order valence-corrected chi connectivity index (χ3v) is 7.47. The molecule has 0 aromatic heterocycles. The van der Waals surface area contributed by atoms with Gasteiger partial charge in [0, 0.05) is 0 Å². The first kappa shape index (κ1) is 16.3. The van der Waals surface area contributed by atoms with Crippen LogP contribution in [-0.2, 0) is 4.79 Å². The molecule has 0 aliphatic heterocycles. The summed E-state index contributed by atoms with van der Waals surface area (Å²) in [5.41, 5.74) is 0.631. The van der Waals surface area contributed by atoms with Crippen LogP contribution >= 0.6 is 0 Å². The molecule has 0 bridgehead atoms. The zero-order valence-corrected chi connectivity index (χ0v) is 14.4. The first-order valence-electron chi connectivity index (χ1n) is 9.90. The van der Waals surface area contributed by atoms with E-state index < -0.39 is 5.97 Å². The highest BCUT2D eigenvalue weighted by Crippen LogP contribution is 2.60.